The topological polar surface area (TPSA) is 33.6 Å². The first-order chi connectivity index (χ1) is 6.74. The standard InChI is InChI=1S/C8H8BrN3S2/c1-2-12-7(10-11-8(12)13)5-3-14-4-6(5)9/h3-4H,2H2,1H3,(H,11,13). The molecule has 0 aliphatic heterocycles. The van der Waals surface area contributed by atoms with Gasteiger partial charge in [0, 0.05) is 27.3 Å². The monoisotopic (exact) mass is 289 g/mol. The van der Waals surface area contributed by atoms with Crippen molar-refractivity contribution in [2.45, 2.75) is 13.5 Å². The number of hydrogen-bond donors (Lipinski definition) is 1. The van der Waals surface area contributed by atoms with Gasteiger partial charge < -0.3 is 4.57 Å². The van der Waals surface area contributed by atoms with Crippen molar-refractivity contribution < 1.29 is 0 Å². The fourth-order valence-electron chi connectivity index (χ4n) is 1.26. The molecular weight excluding hydrogens is 282 g/mol. The number of hydrogen-bond acceptors (Lipinski definition) is 3. The van der Waals surface area contributed by atoms with Gasteiger partial charge in [-0.25, -0.2) is 0 Å². The van der Waals surface area contributed by atoms with Crippen LogP contribution >= 0.6 is 39.5 Å². The van der Waals surface area contributed by atoms with E-state index in [2.05, 4.69) is 38.4 Å². The minimum Gasteiger partial charge on any atom is -0.300 e. The van der Waals surface area contributed by atoms with Crippen LogP contribution in [0.25, 0.3) is 11.4 Å². The maximum Gasteiger partial charge on any atom is 0.195 e. The summed E-state index contributed by atoms with van der Waals surface area (Å²) in [6.07, 6.45) is 0. The van der Waals surface area contributed by atoms with Gasteiger partial charge in [0.05, 0.1) is 0 Å². The lowest BCUT2D eigenvalue weighted by atomic mass is 10.3. The Hall–Kier alpha value is -0.460. The van der Waals surface area contributed by atoms with E-state index < -0.39 is 0 Å². The zero-order valence-electron chi connectivity index (χ0n) is 7.45. The first kappa shape index (κ1) is 10.1. The number of thiophene rings is 1. The van der Waals surface area contributed by atoms with Crippen molar-refractivity contribution in [1.29, 1.82) is 0 Å². The Bertz CT molecular complexity index is 497. The molecule has 0 aliphatic carbocycles. The summed E-state index contributed by atoms with van der Waals surface area (Å²) >= 11 is 10.2. The van der Waals surface area contributed by atoms with Gasteiger partial charge in [-0.2, -0.15) is 16.4 Å². The number of aromatic nitrogens is 3. The summed E-state index contributed by atoms with van der Waals surface area (Å²) in [5.74, 6) is 0.894. The van der Waals surface area contributed by atoms with Crippen molar-refractivity contribution in [2.24, 2.45) is 0 Å². The summed E-state index contributed by atoms with van der Waals surface area (Å²) in [7, 11) is 0. The molecular formula is C8H8BrN3S2. The van der Waals surface area contributed by atoms with E-state index in [0.29, 0.717) is 4.77 Å². The van der Waals surface area contributed by atoms with Crippen molar-refractivity contribution >= 4 is 39.5 Å². The van der Waals surface area contributed by atoms with Gasteiger partial charge in [-0.3, -0.25) is 5.10 Å². The maximum atomic E-state index is 5.12. The molecule has 0 amide bonds. The second kappa shape index (κ2) is 3.96. The van der Waals surface area contributed by atoms with Crippen LogP contribution in [0, 0.1) is 4.77 Å². The quantitative estimate of drug-likeness (QED) is 0.859. The lowest BCUT2D eigenvalue weighted by Crippen LogP contribution is -1.96. The predicted molar refractivity (Wildman–Crippen MR) is 64.1 cm³/mol. The normalized spacial score (nSPS) is 10.7. The van der Waals surface area contributed by atoms with Gasteiger partial charge in [-0.05, 0) is 35.1 Å². The molecule has 0 atom stereocenters. The summed E-state index contributed by atoms with van der Waals surface area (Å²) in [5, 5.41) is 11.1. The van der Waals surface area contributed by atoms with Gasteiger partial charge in [0.2, 0.25) is 0 Å². The molecule has 2 rings (SSSR count). The van der Waals surface area contributed by atoms with Crippen LogP contribution in [0.15, 0.2) is 15.2 Å². The Labute approximate surface area is 98.9 Å². The van der Waals surface area contributed by atoms with Crippen molar-refractivity contribution in [1.82, 2.24) is 14.8 Å². The summed E-state index contributed by atoms with van der Waals surface area (Å²) in [6.45, 7) is 2.88. The summed E-state index contributed by atoms with van der Waals surface area (Å²) < 4.78 is 3.70. The lowest BCUT2D eigenvalue weighted by molar-refractivity contribution is 0.755. The van der Waals surface area contributed by atoms with Crippen molar-refractivity contribution in [3.8, 4) is 11.4 Å². The minimum atomic E-state index is 0.667. The van der Waals surface area contributed by atoms with Crippen LogP contribution in [0.3, 0.4) is 0 Å². The number of H-pyrrole nitrogens is 1. The molecule has 0 radical (unpaired) electrons. The van der Waals surface area contributed by atoms with Crippen molar-refractivity contribution in [2.75, 3.05) is 0 Å². The maximum absolute atomic E-state index is 5.12. The van der Waals surface area contributed by atoms with Crippen LogP contribution in [0.4, 0.5) is 0 Å². The van der Waals surface area contributed by atoms with Gasteiger partial charge in [-0.15, -0.1) is 0 Å². The van der Waals surface area contributed by atoms with E-state index in [1.165, 1.54) is 0 Å². The second-order valence-corrected chi connectivity index (χ2v) is 4.71. The zero-order chi connectivity index (χ0) is 10.1. The van der Waals surface area contributed by atoms with Crippen LogP contribution in [-0.4, -0.2) is 14.8 Å². The smallest absolute Gasteiger partial charge is 0.195 e. The van der Waals surface area contributed by atoms with Gasteiger partial charge in [0.1, 0.15) is 0 Å². The number of nitrogens with one attached hydrogen (secondary N) is 1. The average Bonchev–Trinajstić information content (AvgIpc) is 2.71. The number of rotatable bonds is 2. The van der Waals surface area contributed by atoms with Crippen LogP contribution in [-0.2, 0) is 6.54 Å². The summed E-state index contributed by atoms with van der Waals surface area (Å²) in [4.78, 5) is 0. The molecule has 0 saturated carbocycles. The largest absolute Gasteiger partial charge is 0.300 e. The Morgan fingerprint density at radius 1 is 1.64 bits per heavy atom. The van der Waals surface area contributed by atoms with E-state index >= 15 is 0 Å². The third-order valence-electron chi connectivity index (χ3n) is 1.93. The van der Waals surface area contributed by atoms with Crippen molar-refractivity contribution in [3.63, 3.8) is 0 Å². The highest BCUT2D eigenvalue weighted by molar-refractivity contribution is 9.10. The molecule has 0 fully saturated rings. The number of nitrogens with zero attached hydrogens (tertiary/aromatic N) is 2. The molecule has 0 saturated heterocycles. The molecule has 1 N–H and O–H groups in total. The van der Waals surface area contributed by atoms with Gasteiger partial charge in [0.25, 0.3) is 0 Å². The van der Waals surface area contributed by atoms with Gasteiger partial charge in [0.15, 0.2) is 10.6 Å². The fraction of sp³-hybridized carbons (Fsp3) is 0.250. The van der Waals surface area contributed by atoms with Crippen LogP contribution in [0.2, 0.25) is 0 Å². The molecule has 0 bridgehead atoms. The molecule has 0 aliphatic rings. The molecule has 6 heteroatoms. The Kier molecular flexibility index (Phi) is 2.85. The highest BCUT2D eigenvalue weighted by Gasteiger charge is 2.11. The van der Waals surface area contributed by atoms with Crippen LogP contribution in [0.1, 0.15) is 6.92 Å². The van der Waals surface area contributed by atoms with Crippen LogP contribution in [0.5, 0.6) is 0 Å². The van der Waals surface area contributed by atoms with E-state index in [-0.39, 0.29) is 0 Å². The highest BCUT2D eigenvalue weighted by Crippen LogP contribution is 2.30. The molecule has 0 unspecified atom stereocenters. The first-order valence-electron chi connectivity index (χ1n) is 4.11. The summed E-state index contributed by atoms with van der Waals surface area (Å²) in [5.41, 5.74) is 1.09. The molecule has 14 heavy (non-hydrogen) atoms. The Balaban J connectivity index is 2.63. The van der Waals surface area contributed by atoms with Crippen molar-refractivity contribution in [3.05, 3.63) is 20.0 Å². The SMILES string of the molecule is CCn1c(-c2cscc2Br)n[nH]c1=S. The lowest BCUT2D eigenvalue weighted by Gasteiger charge is -2.01. The third kappa shape index (κ3) is 1.57. The Morgan fingerprint density at radius 3 is 3.00 bits per heavy atom. The van der Waals surface area contributed by atoms with Crippen LogP contribution < -0.4 is 0 Å². The van der Waals surface area contributed by atoms with E-state index in [9.17, 15) is 0 Å². The molecule has 3 nitrogen and oxygen atoms in total. The van der Waals surface area contributed by atoms with E-state index in [4.69, 9.17) is 12.2 Å². The number of aromatic amines is 1. The fourth-order valence-corrected chi connectivity index (χ4v) is 2.97. The zero-order valence-corrected chi connectivity index (χ0v) is 10.7. The minimum absolute atomic E-state index is 0.667. The predicted octanol–water partition coefficient (Wildman–Crippen LogP) is 3.45. The summed E-state index contributed by atoms with van der Waals surface area (Å²) in [6, 6.07) is 0. The van der Waals surface area contributed by atoms with Gasteiger partial charge >= 0.3 is 0 Å². The molecule has 0 spiro atoms. The second-order valence-electron chi connectivity index (χ2n) is 2.73. The highest BCUT2D eigenvalue weighted by atomic mass is 79.9. The molecule has 2 aromatic rings. The van der Waals surface area contributed by atoms with E-state index in [1.54, 1.807) is 11.3 Å². The molecule has 0 aromatic carbocycles. The molecule has 74 valence electrons. The third-order valence-corrected chi connectivity index (χ3v) is 3.94. The average molecular weight is 290 g/mol. The van der Waals surface area contributed by atoms with Gasteiger partial charge in [-0.1, -0.05) is 0 Å². The van der Waals surface area contributed by atoms with E-state index in [0.717, 1.165) is 22.4 Å². The Morgan fingerprint density at radius 2 is 2.43 bits per heavy atom. The molecule has 2 heterocycles. The van der Waals surface area contributed by atoms with E-state index in [1.807, 2.05) is 9.95 Å². The molecule has 2 aromatic heterocycles. The number of halogens is 1. The first-order valence-corrected chi connectivity index (χ1v) is 6.25.